The van der Waals surface area contributed by atoms with Crippen molar-refractivity contribution in [3.63, 3.8) is 0 Å². The summed E-state index contributed by atoms with van der Waals surface area (Å²) >= 11 is 0. The zero-order valence-electron chi connectivity index (χ0n) is 19.1. The van der Waals surface area contributed by atoms with Gasteiger partial charge in [-0.25, -0.2) is 32.0 Å². The number of imidazole rings is 1. The number of alkyl halides is 4. The summed E-state index contributed by atoms with van der Waals surface area (Å²) in [7, 11) is 1.68. The highest BCUT2D eigenvalue weighted by Gasteiger charge is 2.44. The molecule has 1 unspecified atom stereocenters. The summed E-state index contributed by atoms with van der Waals surface area (Å²) in [5.41, 5.74) is 4.22. The fourth-order valence-corrected chi connectivity index (χ4v) is 4.72. The fraction of sp³-hybridized carbons (Fsp3) is 0.435. The van der Waals surface area contributed by atoms with Crippen molar-refractivity contribution in [2.75, 3.05) is 25.5 Å². The van der Waals surface area contributed by atoms with Gasteiger partial charge in [-0.15, -0.1) is 5.10 Å². The van der Waals surface area contributed by atoms with Gasteiger partial charge in [-0.3, -0.25) is 0 Å². The molecular formula is C23H25F4N7. The van der Waals surface area contributed by atoms with E-state index in [9.17, 15) is 17.6 Å². The second kappa shape index (κ2) is 8.23. The highest BCUT2D eigenvalue weighted by Crippen LogP contribution is 2.32. The van der Waals surface area contributed by atoms with E-state index in [-0.39, 0.29) is 18.9 Å². The van der Waals surface area contributed by atoms with Crippen molar-refractivity contribution in [2.45, 2.75) is 45.2 Å². The number of piperidine rings is 1. The van der Waals surface area contributed by atoms with E-state index in [2.05, 4.69) is 20.4 Å². The van der Waals surface area contributed by atoms with E-state index in [4.69, 9.17) is 0 Å². The number of rotatable bonds is 5. The smallest absolute Gasteiger partial charge is 0.280 e. The molecule has 0 bridgehead atoms. The van der Waals surface area contributed by atoms with E-state index >= 15 is 0 Å². The monoisotopic (exact) mass is 475 g/mol. The average Bonchev–Trinajstić information content (AvgIpc) is 3.31. The van der Waals surface area contributed by atoms with Crippen LogP contribution in [0.5, 0.6) is 0 Å². The summed E-state index contributed by atoms with van der Waals surface area (Å²) in [6.07, 6.45) is -0.468. The van der Waals surface area contributed by atoms with Gasteiger partial charge in [0.15, 0.2) is 0 Å². The van der Waals surface area contributed by atoms with Crippen molar-refractivity contribution < 1.29 is 17.6 Å². The van der Waals surface area contributed by atoms with Gasteiger partial charge in [0.05, 0.1) is 41.4 Å². The summed E-state index contributed by atoms with van der Waals surface area (Å²) in [6, 6.07) is 6.32. The summed E-state index contributed by atoms with van der Waals surface area (Å²) in [6.45, 7) is 3.31. The first kappa shape index (κ1) is 22.6. The van der Waals surface area contributed by atoms with Gasteiger partial charge in [-0.05, 0) is 51.1 Å². The standard InChI is InChI=1S/C23H25F4N7/c1-13-21-16(15-4-5-17-18(10-15)33(11-20(24)25)14(2)29-17)6-9-34(21)31-22(28-13)30-19-7-8-32(3)12-23(19,26)27/h4-6,9-10,19-20H,7-8,11-12H2,1-3H3,(H,30,31). The minimum Gasteiger partial charge on any atom is -0.344 e. The number of likely N-dealkylation sites (tertiary alicyclic amines) is 1. The van der Waals surface area contributed by atoms with E-state index < -0.39 is 24.9 Å². The number of aromatic nitrogens is 5. The number of nitrogens with zero attached hydrogens (tertiary/aromatic N) is 6. The van der Waals surface area contributed by atoms with E-state index in [1.54, 1.807) is 42.6 Å². The van der Waals surface area contributed by atoms with E-state index in [1.165, 1.54) is 4.57 Å². The van der Waals surface area contributed by atoms with Gasteiger partial charge >= 0.3 is 0 Å². The van der Waals surface area contributed by atoms with Crippen LogP contribution in [0.25, 0.3) is 27.7 Å². The molecule has 11 heteroatoms. The lowest BCUT2D eigenvalue weighted by Crippen LogP contribution is -2.53. The number of hydrogen-bond donors (Lipinski definition) is 1. The Morgan fingerprint density at radius 3 is 2.71 bits per heavy atom. The van der Waals surface area contributed by atoms with Gasteiger partial charge in [-0.1, -0.05) is 6.07 Å². The molecule has 7 nitrogen and oxygen atoms in total. The van der Waals surface area contributed by atoms with Gasteiger partial charge in [0.1, 0.15) is 5.82 Å². The highest BCUT2D eigenvalue weighted by molar-refractivity contribution is 5.88. The number of hydrogen-bond acceptors (Lipinski definition) is 5. The van der Waals surface area contributed by atoms with E-state index in [0.717, 1.165) is 16.6 Å². The molecule has 1 N–H and O–H groups in total. The van der Waals surface area contributed by atoms with Crippen LogP contribution in [0.2, 0.25) is 0 Å². The van der Waals surface area contributed by atoms with Crippen molar-refractivity contribution >= 4 is 22.5 Å². The van der Waals surface area contributed by atoms with Gasteiger partial charge in [0.2, 0.25) is 5.95 Å². The molecular weight excluding hydrogens is 450 g/mol. The minimum atomic E-state index is -2.89. The Hall–Kier alpha value is -3.21. The lowest BCUT2D eigenvalue weighted by Gasteiger charge is -2.36. The third-order valence-electron chi connectivity index (χ3n) is 6.35. The molecule has 1 aromatic carbocycles. The molecule has 3 aromatic heterocycles. The van der Waals surface area contributed by atoms with Crippen LogP contribution in [0.15, 0.2) is 30.5 Å². The third-order valence-corrected chi connectivity index (χ3v) is 6.35. The Morgan fingerprint density at radius 1 is 1.18 bits per heavy atom. The van der Waals surface area contributed by atoms with Crippen LogP contribution >= 0.6 is 0 Å². The molecule has 0 saturated carbocycles. The quantitative estimate of drug-likeness (QED) is 0.434. The Morgan fingerprint density at radius 2 is 1.97 bits per heavy atom. The van der Waals surface area contributed by atoms with Crippen LogP contribution in [-0.2, 0) is 6.54 Å². The lowest BCUT2D eigenvalue weighted by molar-refractivity contribution is -0.0675. The van der Waals surface area contributed by atoms with Crippen molar-refractivity contribution in [3.05, 3.63) is 42.0 Å². The summed E-state index contributed by atoms with van der Waals surface area (Å²) < 4.78 is 58.2. The molecule has 4 aromatic rings. The first-order valence-electron chi connectivity index (χ1n) is 11.1. The normalized spacial score (nSPS) is 18.9. The molecule has 4 heterocycles. The number of aryl methyl sites for hydroxylation is 2. The van der Waals surface area contributed by atoms with Crippen LogP contribution in [0.3, 0.4) is 0 Å². The maximum absolute atomic E-state index is 14.5. The molecule has 1 aliphatic heterocycles. The van der Waals surface area contributed by atoms with Crippen molar-refractivity contribution in [1.29, 1.82) is 0 Å². The zero-order chi connectivity index (χ0) is 24.2. The maximum Gasteiger partial charge on any atom is 0.280 e. The summed E-state index contributed by atoms with van der Waals surface area (Å²) in [5.74, 6) is -2.23. The predicted octanol–water partition coefficient (Wildman–Crippen LogP) is 4.38. The zero-order valence-corrected chi connectivity index (χ0v) is 19.1. The second-order valence-electron chi connectivity index (χ2n) is 8.89. The Kier molecular flexibility index (Phi) is 5.46. The Labute approximate surface area is 193 Å². The van der Waals surface area contributed by atoms with Gasteiger partial charge < -0.3 is 14.8 Å². The largest absolute Gasteiger partial charge is 0.344 e. The molecule has 1 aliphatic rings. The SMILES string of the molecule is Cc1nc(NC2CCN(C)CC2(F)F)nn2ccc(-c3ccc4nc(C)n(CC(F)F)c4c3)c12. The van der Waals surface area contributed by atoms with Gasteiger partial charge in [0, 0.05) is 18.3 Å². The molecule has 5 rings (SSSR count). The topological polar surface area (TPSA) is 63.3 Å². The van der Waals surface area contributed by atoms with Crippen LogP contribution in [0, 0.1) is 13.8 Å². The molecule has 1 atom stereocenters. The summed E-state index contributed by atoms with van der Waals surface area (Å²) in [4.78, 5) is 10.4. The minimum absolute atomic E-state index is 0.141. The van der Waals surface area contributed by atoms with Crippen molar-refractivity contribution in [2.24, 2.45) is 0 Å². The van der Waals surface area contributed by atoms with Gasteiger partial charge in [0.25, 0.3) is 12.3 Å². The first-order valence-corrected chi connectivity index (χ1v) is 11.1. The van der Waals surface area contributed by atoms with Crippen LogP contribution in [0.1, 0.15) is 17.9 Å². The predicted molar refractivity (Wildman–Crippen MR) is 122 cm³/mol. The number of anilines is 1. The van der Waals surface area contributed by atoms with Crippen LogP contribution < -0.4 is 5.32 Å². The molecule has 1 fully saturated rings. The molecule has 0 amide bonds. The Balaban J connectivity index is 1.51. The van der Waals surface area contributed by atoms with Crippen molar-refractivity contribution in [3.8, 4) is 11.1 Å². The van der Waals surface area contributed by atoms with E-state index in [0.29, 0.717) is 29.1 Å². The van der Waals surface area contributed by atoms with E-state index in [1.807, 2.05) is 18.2 Å². The molecule has 34 heavy (non-hydrogen) atoms. The fourth-order valence-electron chi connectivity index (χ4n) is 4.72. The van der Waals surface area contributed by atoms with Crippen LogP contribution in [-0.4, -0.2) is 67.6 Å². The molecule has 0 radical (unpaired) electrons. The molecule has 0 aliphatic carbocycles. The van der Waals surface area contributed by atoms with Gasteiger partial charge in [-0.2, -0.15) is 0 Å². The average molecular weight is 475 g/mol. The van der Waals surface area contributed by atoms with Crippen LogP contribution in [0.4, 0.5) is 23.5 Å². The van der Waals surface area contributed by atoms with Crippen molar-refractivity contribution in [1.82, 2.24) is 29.0 Å². The maximum atomic E-state index is 14.5. The highest BCUT2D eigenvalue weighted by atomic mass is 19.3. The summed E-state index contributed by atoms with van der Waals surface area (Å²) in [5, 5.41) is 7.24. The number of halogens is 4. The Bertz CT molecular complexity index is 1360. The third kappa shape index (κ3) is 3.97. The molecule has 1 saturated heterocycles. The number of benzene rings is 1. The molecule has 180 valence electrons. The second-order valence-corrected chi connectivity index (χ2v) is 8.89. The number of fused-ring (bicyclic) bond motifs is 2. The first-order chi connectivity index (χ1) is 16.1. The lowest BCUT2D eigenvalue weighted by atomic mass is 10.0. The number of nitrogens with one attached hydrogen (secondary N) is 1. The molecule has 0 spiro atoms.